The number of alkyl halides is 1. The summed E-state index contributed by atoms with van der Waals surface area (Å²) in [5, 5.41) is 0. The van der Waals surface area contributed by atoms with Crippen molar-refractivity contribution in [2.45, 2.75) is 13.3 Å². The molecule has 6 nitrogen and oxygen atoms in total. The number of morpholine rings is 1. The molecule has 0 bridgehead atoms. The van der Waals surface area contributed by atoms with Gasteiger partial charge in [-0.2, -0.15) is 0 Å². The minimum Gasteiger partial charge on any atom is -0.494 e. The maximum absolute atomic E-state index is 12.6. The van der Waals surface area contributed by atoms with Crippen molar-refractivity contribution in [3.05, 3.63) is 35.7 Å². The zero-order valence-corrected chi connectivity index (χ0v) is 14.9. The Kier molecular flexibility index (Phi) is 5.94. The van der Waals surface area contributed by atoms with Gasteiger partial charge in [0.25, 0.3) is 5.91 Å². The van der Waals surface area contributed by atoms with Crippen LogP contribution >= 0.6 is 11.6 Å². The number of oxazole rings is 1. The highest BCUT2D eigenvalue weighted by Gasteiger charge is 2.25. The van der Waals surface area contributed by atoms with Gasteiger partial charge >= 0.3 is 0 Å². The Balaban J connectivity index is 1.72. The van der Waals surface area contributed by atoms with Crippen LogP contribution in [-0.2, 0) is 4.74 Å². The zero-order valence-electron chi connectivity index (χ0n) is 14.2. The molecule has 1 aliphatic rings. The number of hydrogen-bond acceptors (Lipinski definition) is 5. The molecule has 0 saturated carbocycles. The molecule has 1 amide bonds. The maximum Gasteiger partial charge on any atom is 0.291 e. The average molecular weight is 365 g/mol. The van der Waals surface area contributed by atoms with Gasteiger partial charge in [0.15, 0.2) is 0 Å². The van der Waals surface area contributed by atoms with E-state index in [0.29, 0.717) is 56.1 Å². The van der Waals surface area contributed by atoms with E-state index in [1.165, 1.54) is 0 Å². The second-order valence-corrected chi connectivity index (χ2v) is 6.13. The molecule has 1 aromatic carbocycles. The van der Waals surface area contributed by atoms with Gasteiger partial charge < -0.3 is 18.8 Å². The fourth-order valence-electron chi connectivity index (χ4n) is 2.57. The molecular formula is C18H21ClN2O4. The first-order valence-electron chi connectivity index (χ1n) is 8.32. The number of ether oxygens (including phenoxy) is 2. The van der Waals surface area contributed by atoms with Crippen LogP contribution in [-0.4, -0.2) is 54.6 Å². The Morgan fingerprint density at radius 2 is 2.00 bits per heavy atom. The highest BCUT2D eigenvalue weighted by molar-refractivity contribution is 6.17. The van der Waals surface area contributed by atoms with E-state index < -0.39 is 0 Å². The minimum atomic E-state index is -0.138. The van der Waals surface area contributed by atoms with Gasteiger partial charge in [-0.3, -0.25) is 4.79 Å². The fourth-order valence-corrected chi connectivity index (χ4v) is 2.68. The van der Waals surface area contributed by atoms with E-state index in [2.05, 4.69) is 4.98 Å². The molecule has 1 fully saturated rings. The Labute approximate surface area is 151 Å². The summed E-state index contributed by atoms with van der Waals surface area (Å²) in [6.07, 6.45) is 0.801. The van der Waals surface area contributed by atoms with E-state index in [0.717, 1.165) is 17.7 Å². The van der Waals surface area contributed by atoms with Crippen LogP contribution in [0.15, 0.2) is 28.7 Å². The van der Waals surface area contributed by atoms with Gasteiger partial charge in [0.2, 0.25) is 11.7 Å². The first-order valence-corrected chi connectivity index (χ1v) is 8.86. The molecule has 1 saturated heterocycles. The second-order valence-electron chi connectivity index (χ2n) is 5.75. The Hall–Kier alpha value is -2.05. The van der Waals surface area contributed by atoms with Gasteiger partial charge in [0, 0.05) is 24.5 Å². The van der Waals surface area contributed by atoms with E-state index in [1.54, 1.807) is 11.8 Å². The van der Waals surface area contributed by atoms with Crippen LogP contribution in [0.25, 0.3) is 11.5 Å². The van der Waals surface area contributed by atoms with Gasteiger partial charge in [0.1, 0.15) is 5.75 Å². The van der Waals surface area contributed by atoms with E-state index in [-0.39, 0.29) is 5.91 Å². The third-order valence-electron chi connectivity index (χ3n) is 3.94. The largest absolute Gasteiger partial charge is 0.494 e. The normalized spacial score (nSPS) is 14.6. The molecule has 3 rings (SSSR count). The average Bonchev–Trinajstić information content (AvgIpc) is 3.04. The first kappa shape index (κ1) is 17.8. The number of carbonyl (C=O) groups excluding carboxylic acids is 1. The summed E-state index contributed by atoms with van der Waals surface area (Å²) in [4.78, 5) is 18.7. The molecule has 0 atom stereocenters. The van der Waals surface area contributed by atoms with Gasteiger partial charge in [-0.05, 0) is 37.6 Å². The Morgan fingerprint density at radius 3 is 2.68 bits per heavy atom. The number of halogens is 1. The predicted molar refractivity (Wildman–Crippen MR) is 94.2 cm³/mol. The quantitative estimate of drug-likeness (QED) is 0.582. The van der Waals surface area contributed by atoms with Crippen LogP contribution in [0.1, 0.15) is 22.7 Å². The summed E-state index contributed by atoms with van der Waals surface area (Å²) in [5.74, 6) is 1.93. The summed E-state index contributed by atoms with van der Waals surface area (Å²) in [6.45, 7) is 4.61. The van der Waals surface area contributed by atoms with Crippen molar-refractivity contribution in [3.8, 4) is 17.2 Å². The van der Waals surface area contributed by atoms with Crippen LogP contribution in [0.3, 0.4) is 0 Å². The maximum atomic E-state index is 12.6. The number of carbonyl (C=O) groups is 1. The monoisotopic (exact) mass is 364 g/mol. The van der Waals surface area contributed by atoms with Crippen LogP contribution in [0.4, 0.5) is 0 Å². The molecule has 7 heteroatoms. The predicted octanol–water partition coefficient (Wildman–Crippen LogP) is 3.13. The van der Waals surface area contributed by atoms with Gasteiger partial charge in [-0.15, -0.1) is 11.6 Å². The van der Waals surface area contributed by atoms with Crippen molar-refractivity contribution < 1.29 is 18.7 Å². The molecule has 0 radical (unpaired) electrons. The lowest BCUT2D eigenvalue weighted by atomic mass is 10.2. The van der Waals surface area contributed by atoms with E-state index in [1.807, 2.05) is 24.3 Å². The molecule has 0 N–H and O–H groups in total. The van der Waals surface area contributed by atoms with Crippen molar-refractivity contribution >= 4 is 17.5 Å². The van der Waals surface area contributed by atoms with Crippen LogP contribution in [0.5, 0.6) is 5.75 Å². The highest BCUT2D eigenvalue weighted by Crippen LogP contribution is 2.25. The van der Waals surface area contributed by atoms with Crippen molar-refractivity contribution in [2.75, 3.05) is 38.8 Å². The molecule has 2 aromatic rings. The number of amides is 1. The lowest BCUT2D eigenvalue weighted by Crippen LogP contribution is -2.40. The highest BCUT2D eigenvalue weighted by atomic mass is 35.5. The molecule has 25 heavy (non-hydrogen) atoms. The number of nitrogens with zero attached hydrogens (tertiary/aromatic N) is 2. The third kappa shape index (κ3) is 4.32. The van der Waals surface area contributed by atoms with E-state index in [4.69, 9.17) is 25.5 Å². The van der Waals surface area contributed by atoms with Crippen molar-refractivity contribution in [1.29, 1.82) is 0 Å². The van der Waals surface area contributed by atoms with Gasteiger partial charge in [0.05, 0.1) is 25.5 Å². The molecule has 0 unspecified atom stereocenters. The van der Waals surface area contributed by atoms with Crippen molar-refractivity contribution in [1.82, 2.24) is 9.88 Å². The SMILES string of the molecule is Cc1nc(-c2ccc(OCCCCl)cc2)oc1C(=O)N1CCOCC1. The number of benzene rings is 1. The lowest BCUT2D eigenvalue weighted by Gasteiger charge is -2.25. The number of rotatable bonds is 6. The number of aryl methyl sites for hydroxylation is 1. The summed E-state index contributed by atoms with van der Waals surface area (Å²) in [5.41, 5.74) is 1.39. The zero-order chi connectivity index (χ0) is 17.6. The molecule has 134 valence electrons. The topological polar surface area (TPSA) is 64.8 Å². The lowest BCUT2D eigenvalue weighted by molar-refractivity contribution is 0.0282. The van der Waals surface area contributed by atoms with Gasteiger partial charge in [-0.25, -0.2) is 4.98 Å². The van der Waals surface area contributed by atoms with E-state index in [9.17, 15) is 4.79 Å². The molecule has 1 aliphatic heterocycles. The van der Waals surface area contributed by atoms with Crippen LogP contribution < -0.4 is 4.74 Å². The molecule has 1 aromatic heterocycles. The molecule has 0 aliphatic carbocycles. The van der Waals surface area contributed by atoms with Crippen molar-refractivity contribution in [2.24, 2.45) is 0 Å². The fraction of sp³-hybridized carbons (Fsp3) is 0.444. The standard InChI is InChI=1S/C18H21ClN2O4/c1-13-16(18(22)21-8-11-23-12-9-21)25-17(20-13)14-3-5-15(6-4-14)24-10-2-7-19/h3-6H,2,7-12H2,1H3. The minimum absolute atomic E-state index is 0.138. The number of aromatic nitrogens is 1. The molecule has 2 heterocycles. The summed E-state index contributed by atoms with van der Waals surface area (Å²) in [7, 11) is 0. The van der Waals surface area contributed by atoms with E-state index >= 15 is 0 Å². The summed E-state index contributed by atoms with van der Waals surface area (Å²) >= 11 is 5.63. The Morgan fingerprint density at radius 1 is 1.28 bits per heavy atom. The summed E-state index contributed by atoms with van der Waals surface area (Å²) < 4.78 is 16.6. The smallest absolute Gasteiger partial charge is 0.291 e. The second kappa shape index (κ2) is 8.36. The Bertz CT molecular complexity index is 708. The van der Waals surface area contributed by atoms with Gasteiger partial charge in [-0.1, -0.05) is 0 Å². The third-order valence-corrected chi connectivity index (χ3v) is 4.20. The molecular weight excluding hydrogens is 344 g/mol. The number of hydrogen-bond donors (Lipinski definition) is 0. The molecule has 0 spiro atoms. The van der Waals surface area contributed by atoms with Crippen molar-refractivity contribution in [3.63, 3.8) is 0 Å². The van der Waals surface area contributed by atoms with Crippen LogP contribution in [0, 0.1) is 6.92 Å². The summed E-state index contributed by atoms with van der Waals surface area (Å²) in [6, 6.07) is 7.44. The van der Waals surface area contributed by atoms with Crippen LogP contribution in [0.2, 0.25) is 0 Å². The first-order chi connectivity index (χ1) is 12.2.